The van der Waals surface area contributed by atoms with Crippen molar-refractivity contribution in [1.29, 1.82) is 0 Å². The molecule has 0 aliphatic carbocycles. The number of alkyl halides is 1. The Morgan fingerprint density at radius 2 is 1.94 bits per heavy atom. The number of methoxy groups -OCH3 is 1. The predicted octanol–water partition coefficient (Wildman–Crippen LogP) is 3.24. The monoisotopic (exact) mass is 255 g/mol. The second-order valence-electron chi connectivity index (χ2n) is 3.66. The normalized spacial score (nSPS) is 11.9. The number of nitrogens with two attached hydrogens (primary N) is 1. The fourth-order valence-electron chi connectivity index (χ4n) is 1.91. The van der Waals surface area contributed by atoms with Gasteiger partial charge >= 0.3 is 0 Å². The van der Waals surface area contributed by atoms with E-state index in [0.717, 1.165) is 16.3 Å². The molecule has 2 N–H and O–H groups in total. The van der Waals surface area contributed by atoms with Gasteiger partial charge in [-0.15, -0.1) is 12.4 Å². The highest BCUT2D eigenvalue weighted by atomic mass is 35.5. The molecule has 2 rings (SSSR count). The van der Waals surface area contributed by atoms with Gasteiger partial charge in [-0.3, -0.25) is 0 Å². The predicted molar refractivity (Wildman–Crippen MR) is 70.7 cm³/mol. The molecule has 0 aliphatic heterocycles. The summed E-state index contributed by atoms with van der Waals surface area (Å²) in [4.78, 5) is 0. The minimum atomic E-state index is -0.638. The summed E-state index contributed by atoms with van der Waals surface area (Å²) in [5, 5.41) is 1.99. The lowest BCUT2D eigenvalue weighted by Crippen LogP contribution is -2.14. The number of ether oxygens (including phenoxy) is 1. The van der Waals surface area contributed by atoms with Crippen LogP contribution in [-0.4, -0.2) is 13.8 Å². The molecule has 0 saturated heterocycles. The lowest BCUT2D eigenvalue weighted by Gasteiger charge is -2.15. The van der Waals surface area contributed by atoms with E-state index in [1.165, 1.54) is 0 Å². The minimum Gasteiger partial charge on any atom is -0.496 e. The van der Waals surface area contributed by atoms with Gasteiger partial charge in [-0.1, -0.05) is 30.3 Å². The fourth-order valence-corrected chi connectivity index (χ4v) is 1.91. The van der Waals surface area contributed by atoms with Crippen LogP contribution in [0.1, 0.15) is 11.6 Å². The molecule has 0 saturated carbocycles. The zero-order valence-electron chi connectivity index (χ0n) is 9.52. The van der Waals surface area contributed by atoms with E-state index in [9.17, 15) is 4.39 Å². The molecule has 2 nitrogen and oxygen atoms in total. The van der Waals surface area contributed by atoms with Crippen molar-refractivity contribution in [2.45, 2.75) is 6.04 Å². The Hall–Kier alpha value is -1.32. The number of hydrogen-bond donors (Lipinski definition) is 1. The minimum absolute atomic E-state index is 0. The Morgan fingerprint density at radius 1 is 1.24 bits per heavy atom. The Labute approximate surface area is 106 Å². The molecule has 0 bridgehead atoms. The molecule has 17 heavy (non-hydrogen) atoms. The third-order valence-electron chi connectivity index (χ3n) is 2.69. The third kappa shape index (κ3) is 2.51. The molecule has 0 spiro atoms. The van der Waals surface area contributed by atoms with Crippen LogP contribution in [-0.2, 0) is 0 Å². The van der Waals surface area contributed by atoms with E-state index >= 15 is 0 Å². The van der Waals surface area contributed by atoms with Crippen LogP contribution in [0.15, 0.2) is 36.4 Å². The van der Waals surface area contributed by atoms with E-state index in [0.29, 0.717) is 5.75 Å². The van der Waals surface area contributed by atoms with Gasteiger partial charge in [-0.05, 0) is 16.8 Å². The average Bonchev–Trinajstić information content (AvgIpc) is 2.36. The summed E-state index contributed by atoms with van der Waals surface area (Å²) < 4.78 is 18.0. The second-order valence-corrected chi connectivity index (χ2v) is 3.66. The van der Waals surface area contributed by atoms with Gasteiger partial charge in [-0.2, -0.15) is 0 Å². The maximum absolute atomic E-state index is 12.7. The van der Waals surface area contributed by atoms with Crippen molar-refractivity contribution < 1.29 is 9.13 Å². The van der Waals surface area contributed by atoms with Crippen LogP contribution in [0.5, 0.6) is 5.75 Å². The van der Waals surface area contributed by atoms with Gasteiger partial charge in [0.15, 0.2) is 0 Å². The van der Waals surface area contributed by atoms with Crippen molar-refractivity contribution in [3.8, 4) is 5.75 Å². The first-order valence-electron chi connectivity index (χ1n) is 5.15. The molecule has 0 radical (unpaired) electrons. The first-order valence-corrected chi connectivity index (χ1v) is 5.15. The zero-order chi connectivity index (χ0) is 11.5. The Kier molecular flexibility index (Phi) is 4.73. The van der Waals surface area contributed by atoms with E-state index in [-0.39, 0.29) is 12.4 Å². The molecule has 0 aliphatic rings. The highest BCUT2D eigenvalue weighted by Crippen LogP contribution is 2.32. The topological polar surface area (TPSA) is 35.2 Å². The van der Waals surface area contributed by atoms with Crippen molar-refractivity contribution >= 4 is 23.2 Å². The summed E-state index contributed by atoms with van der Waals surface area (Å²) in [6, 6.07) is 10.9. The Morgan fingerprint density at radius 3 is 2.59 bits per heavy atom. The Balaban J connectivity index is 0.00000144. The van der Waals surface area contributed by atoms with Crippen molar-refractivity contribution in [2.75, 3.05) is 13.8 Å². The van der Waals surface area contributed by atoms with Gasteiger partial charge in [0.25, 0.3) is 0 Å². The van der Waals surface area contributed by atoms with Crippen LogP contribution in [0, 0.1) is 0 Å². The molecular weight excluding hydrogens is 241 g/mol. The van der Waals surface area contributed by atoms with Gasteiger partial charge in [0.2, 0.25) is 0 Å². The van der Waals surface area contributed by atoms with Gasteiger partial charge in [0.1, 0.15) is 12.4 Å². The van der Waals surface area contributed by atoms with Gasteiger partial charge in [0, 0.05) is 5.56 Å². The van der Waals surface area contributed by atoms with E-state index in [1.54, 1.807) is 7.11 Å². The highest BCUT2D eigenvalue weighted by Gasteiger charge is 2.15. The number of halogens is 2. The van der Waals surface area contributed by atoms with Crippen molar-refractivity contribution in [1.82, 2.24) is 0 Å². The maximum atomic E-state index is 12.7. The molecule has 4 heteroatoms. The summed E-state index contributed by atoms with van der Waals surface area (Å²) in [5.41, 5.74) is 6.52. The van der Waals surface area contributed by atoms with Crippen molar-refractivity contribution in [3.05, 3.63) is 42.0 Å². The Bertz CT molecular complexity index is 504. The molecule has 0 unspecified atom stereocenters. The van der Waals surface area contributed by atoms with Crippen molar-refractivity contribution in [3.63, 3.8) is 0 Å². The summed E-state index contributed by atoms with van der Waals surface area (Å²) in [6.45, 7) is -0.593. The van der Waals surface area contributed by atoms with Crippen LogP contribution in [0.3, 0.4) is 0 Å². The van der Waals surface area contributed by atoms with Gasteiger partial charge in [-0.25, -0.2) is 4.39 Å². The first kappa shape index (κ1) is 13.7. The maximum Gasteiger partial charge on any atom is 0.124 e. The third-order valence-corrected chi connectivity index (χ3v) is 2.69. The molecule has 0 amide bonds. The fraction of sp³-hybridized carbons (Fsp3) is 0.231. The number of benzene rings is 2. The number of hydrogen-bond acceptors (Lipinski definition) is 2. The summed E-state index contributed by atoms with van der Waals surface area (Å²) in [5.74, 6) is 0.642. The van der Waals surface area contributed by atoms with E-state index in [1.807, 2.05) is 36.4 Å². The SMILES string of the molecule is COc1ccc2ccccc2c1[C@@H](N)CF.Cl. The molecule has 1 atom stereocenters. The van der Waals surface area contributed by atoms with E-state index in [4.69, 9.17) is 10.5 Å². The summed E-state index contributed by atoms with van der Waals surface area (Å²) in [6.07, 6.45) is 0. The molecule has 0 fully saturated rings. The van der Waals surface area contributed by atoms with Crippen LogP contribution in [0.25, 0.3) is 10.8 Å². The molecule has 2 aromatic carbocycles. The molecule has 0 aromatic heterocycles. The largest absolute Gasteiger partial charge is 0.496 e. The first-order chi connectivity index (χ1) is 7.77. The standard InChI is InChI=1S/C13H14FNO.ClH/c1-16-12-7-6-9-4-2-3-5-10(9)13(12)11(15)8-14;/h2-7,11H,8,15H2,1H3;1H/t11-;/m0./s1. The summed E-state index contributed by atoms with van der Waals surface area (Å²) >= 11 is 0. The van der Waals surface area contributed by atoms with Gasteiger partial charge < -0.3 is 10.5 Å². The van der Waals surface area contributed by atoms with Crippen LogP contribution < -0.4 is 10.5 Å². The molecular formula is C13H15ClFNO. The van der Waals surface area contributed by atoms with E-state index < -0.39 is 12.7 Å². The number of rotatable bonds is 3. The average molecular weight is 256 g/mol. The highest BCUT2D eigenvalue weighted by molar-refractivity contribution is 5.88. The quantitative estimate of drug-likeness (QED) is 0.914. The lowest BCUT2D eigenvalue weighted by atomic mass is 9.98. The van der Waals surface area contributed by atoms with Crippen LogP contribution in [0.4, 0.5) is 4.39 Å². The molecule has 2 aromatic rings. The lowest BCUT2D eigenvalue weighted by molar-refractivity contribution is 0.391. The summed E-state index contributed by atoms with van der Waals surface area (Å²) in [7, 11) is 1.57. The molecule has 92 valence electrons. The smallest absolute Gasteiger partial charge is 0.124 e. The van der Waals surface area contributed by atoms with Gasteiger partial charge in [0.05, 0.1) is 13.2 Å². The zero-order valence-corrected chi connectivity index (χ0v) is 10.3. The van der Waals surface area contributed by atoms with E-state index in [2.05, 4.69) is 0 Å². The molecule has 0 heterocycles. The van der Waals surface area contributed by atoms with Crippen molar-refractivity contribution in [2.24, 2.45) is 5.73 Å². The number of fused-ring (bicyclic) bond motifs is 1. The van der Waals surface area contributed by atoms with Crippen LogP contribution >= 0.6 is 12.4 Å². The van der Waals surface area contributed by atoms with Crippen LogP contribution in [0.2, 0.25) is 0 Å². The second kappa shape index (κ2) is 5.84.